The third-order valence-electron chi connectivity index (χ3n) is 29.5. The van der Waals surface area contributed by atoms with Gasteiger partial charge in [-0.2, -0.15) is 94.5 Å². The van der Waals surface area contributed by atoms with Crippen molar-refractivity contribution in [2.24, 2.45) is 76.7 Å². The van der Waals surface area contributed by atoms with E-state index >= 15 is 0 Å². The zero-order valence-corrected chi connectivity index (χ0v) is 95.4. The average molecular weight is 2200 g/mol. The molecule has 7 N–H and O–H groups in total. The van der Waals surface area contributed by atoms with Crippen LogP contribution >= 0.6 is 94.5 Å². The molecule has 3 aromatic carbocycles. The lowest BCUT2D eigenvalue weighted by molar-refractivity contribution is -0.153. The Labute approximate surface area is 931 Å². The first-order valence-electron chi connectivity index (χ1n) is 53.8. The summed E-state index contributed by atoms with van der Waals surface area (Å²) >= 11 is 0. The van der Waals surface area contributed by atoms with Crippen molar-refractivity contribution in [1.29, 1.82) is 0 Å². The van der Waals surface area contributed by atoms with Crippen molar-refractivity contribution < 1.29 is 102 Å². The second kappa shape index (κ2) is 76.1. The summed E-state index contributed by atoms with van der Waals surface area (Å²) < 4.78 is 36.1. The number of hydrogen-bond acceptors (Lipinski definition) is 18. The van der Waals surface area contributed by atoms with Gasteiger partial charge in [-0.05, 0) is 224 Å². The molecular formula is C113H182FN7O20S7. The number of aliphatic carboxylic acids is 3. The Morgan fingerprint density at radius 3 is 1.11 bits per heavy atom. The number of aryl methyl sites for hydroxylation is 1. The highest BCUT2D eigenvalue weighted by molar-refractivity contribution is 7.60. The molecule has 8 saturated carbocycles. The molecule has 35 heteroatoms. The average Bonchev–Trinajstić information content (AvgIpc) is 1.67. The van der Waals surface area contributed by atoms with Gasteiger partial charge in [0.05, 0.1) is 57.2 Å². The van der Waals surface area contributed by atoms with E-state index in [1.165, 1.54) is 115 Å². The van der Waals surface area contributed by atoms with Crippen LogP contribution in [-0.4, -0.2) is 207 Å². The zero-order chi connectivity index (χ0) is 103. The van der Waals surface area contributed by atoms with Crippen molar-refractivity contribution in [2.45, 2.75) is 359 Å². The third-order valence-corrected chi connectivity index (χ3v) is 29.5. The predicted molar refractivity (Wildman–Crippen MR) is 614 cm³/mol. The fourth-order valence-electron chi connectivity index (χ4n) is 20.6. The number of nitrogens with two attached hydrogens (primary N) is 1. The summed E-state index contributed by atoms with van der Waals surface area (Å²) in [7, 11) is -1.00. The molecule has 11 atom stereocenters. The molecule has 13 aliphatic rings. The molecule has 0 aromatic heterocycles. The second-order valence-corrected chi connectivity index (χ2v) is 41.3. The van der Waals surface area contributed by atoms with Crippen LogP contribution in [-0.2, 0) is 96.2 Å². The van der Waals surface area contributed by atoms with Crippen LogP contribution in [0.3, 0.4) is 0 Å². The largest absolute Gasteiger partial charge is 0.490 e. The molecule has 3 aromatic rings. The fraction of sp³-hybridized carbons (Fsp3) is 0.673. The van der Waals surface area contributed by atoms with Crippen LogP contribution in [0.15, 0.2) is 123 Å². The number of alkyl halides is 1. The maximum absolute atomic E-state index is 12.7. The number of amides is 6. The van der Waals surface area contributed by atoms with E-state index < -0.39 is 72.8 Å². The SMILES string of the molecule is C1CCC(C2CC2)C1.C1CCOC1.C=CCOc1cccc(CCC(=O)O)c1.C=CC[C@H](NC(=O)[C@@H](C)CC(=O)N1CCCC1C1CC1)C(=O)CC1CCCC1.C=CC[C@H](NC(=O)[C@@H](N)CC(=O)N1CCCC1C1CC1)C(=O)CC1CCCC1.C[C@@H](CC(=O)N1CCCC1C1CC1)C(=O)O.C[C@@H](CC(=O)N1CCCC1C1CC1)C(=O)OCc1ccccc1.C[C@@H](CC(=O)O)C(=O)OCc1ccccc1.S.S.S.S.S.S.S.[2H]CF. The Balaban J connectivity index is 0.000000869. The molecule has 5 aliphatic heterocycles. The first-order chi connectivity index (χ1) is 68.4. The number of benzene rings is 3. The number of esters is 2. The van der Waals surface area contributed by atoms with Crippen molar-refractivity contribution >= 4 is 171 Å². The van der Waals surface area contributed by atoms with Crippen LogP contribution in [0.5, 0.6) is 5.75 Å². The van der Waals surface area contributed by atoms with E-state index in [0.717, 1.165) is 139 Å². The summed E-state index contributed by atoms with van der Waals surface area (Å²) in [5.41, 5.74) is 8.86. The first kappa shape index (κ1) is 137. The van der Waals surface area contributed by atoms with E-state index in [0.29, 0.717) is 98.4 Å². The number of rotatable bonds is 42. The summed E-state index contributed by atoms with van der Waals surface area (Å²) in [6, 6.07) is 25.9. The van der Waals surface area contributed by atoms with E-state index in [1.807, 2.05) is 105 Å². The molecule has 838 valence electrons. The van der Waals surface area contributed by atoms with Crippen LogP contribution in [0.4, 0.5) is 4.39 Å². The van der Waals surface area contributed by atoms with E-state index in [-0.39, 0.29) is 199 Å². The molecule has 4 unspecified atom stereocenters. The molecule has 8 aliphatic carbocycles. The van der Waals surface area contributed by atoms with Crippen molar-refractivity contribution in [2.75, 3.05) is 53.2 Å². The summed E-state index contributed by atoms with van der Waals surface area (Å²) in [6.45, 7) is 23.9. The molecule has 148 heavy (non-hydrogen) atoms. The van der Waals surface area contributed by atoms with Crippen molar-refractivity contribution in [3.05, 3.63) is 140 Å². The number of hydrogen-bond donors (Lipinski definition) is 6. The number of carbonyl (C=O) groups is 13. The summed E-state index contributed by atoms with van der Waals surface area (Å²) in [5.74, 6) is 1.09. The lowest BCUT2D eigenvalue weighted by Crippen LogP contribution is -2.50. The van der Waals surface area contributed by atoms with Crippen molar-refractivity contribution in [3.8, 4) is 5.75 Å². The van der Waals surface area contributed by atoms with Gasteiger partial charge in [-0.15, -0.1) is 13.2 Å². The normalized spacial score (nSPS) is 20.6. The van der Waals surface area contributed by atoms with Gasteiger partial charge in [-0.1, -0.05) is 202 Å². The third kappa shape index (κ3) is 51.9. The predicted octanol–water partition coefficient (Wildman–Crippen LogP) is 19.5. The highest BCUT2D eigenvalue weighted by atomic mass is 32.1. The zero-order valence-electron chi connectivity index (χ0n) is 89.4. The molecule has 0 bridgehead atoms. The smallest absolute Gasteiger partial charge is 0.309 e. The van der Waals surface area contributed by atoms with E-state index in [9.17, 15) is 66.7 Å². The van der Waals surface area contributed by atoms with Gasteiger partial charge in [0.1, 0.15) is 25.6 Å². The Morgan fingerprint density at radius 1 is 0.419 bits per heavy atom. The number of Topliss-reactive ketones (excluding diaryl/α,β-unsaturated/α-hetero) is 2. The highest BCUT2D eigenvalue weighted by Gasteiger charge is 2.45. The summed E-state index contributed by atoms with van der Waals surface area (Å²) in [4.78, 5) is 163. The molecule has 0 radical (unpaired) electrons. The van der Waals surface area contributed by atoms with Gasteiger partial charge in [-0.3, -0.25) is 66.7 Å². The number of halogens is 1. The lowest BCUT2D eigenvalue weighted by atomic mass is 9.95. The van der Waals surface area contributed by atoms with E-state index in [2.05, 4.69) is 30.4 Å². The van der Waals surface area contributed by atoms with Crippen molar-refractivity contribution in [1.82, 2.24) is 30.2 Å². The van der Waals surface area contributed by atoms with Crippen LogP contribution in [0.1, 0.15) is 315 Å². The number of likely N-dealkylation sites (tertiary alicyclic amines) is 4. The molecular weight excluding hydrogens is 2020 g/mol. The molecule has 5 heterocycles. The van der Waals surface area contributed by atoms with Crippen LogP contribution < -0.4 is 21.1 Å². The van der Waals surface area contributed by atoms with Crippen LogP contribution in [0.2, 0.25) is 0 Å². The standard InChI is InChI=1S/C23H36N2O3.C22H35N3O3.C19H25NO3.C12H19NO3.C12H14O4.C12H14O3.C8H14.C4H8O.CH3F.7H2S/c1-3-7-19(21(26)15-17-8-4-5-9-17)24-23(28)16(2)14-22(27)25-13-6-10-20(25)18-11-12-18;1-2-6-18(20(26)13-15-7-3-4-8-15)24-22(28)17(23)14-21(27)25-12-5-9-19(25)16-10-11-16;1-14(19(22)23-13-15-6-3-2-4-7-15)12-18(21)20-11-5-8-17(20)16-9-10-16;1-8(12(15)16)7-11(14)13-6-2-3-10(13)9-4-5-9;1-9(7-11(13)14)12(15)16-8-10-5-3-2-4-6-10;1-2-8-15-11-5-3-4-10(9-11)6-7-12(13)14;1-2-4-7(3-1)8-5-6-8;1-2-4-5-3-1;1-2;;;;;;;/h3,16-20H,1,4-15H2,2H3,(H,24,28);2,15-19H,1,3-14,23H2,(H,24,28);2-4,6-7,14,16-17H,5,8-13H2,1H3;8-10H,2-7H2,1H3,(H,15,16);2-6,9H,7-8H2,1H3,(H,13,14);2-5,9H,1,6-8H2,(H,13,14);7-8H,1-6H2;1-4H2;1H3;7*1H2/t16-,19-,20?;17-,18-,19?;14-,17?;8-,10?;9-;;;;;;;;;;;/m00000.........../s1/i;;;;;;;;1D;;;;;;;. The lowest BCUT2D eigenvalue weighted by Gasteiger charge is -2.26. The Hall–Kier alpha value is -7.51. The van der Waals surface area contributed by atoms with Crippen LogP contribution in [0, 0.1) is 71.0 Å². The van der Waals surface area contributed by atoms with E-state index in [4.69, 9.17) is 41.4 Å². The number of carboxylic acids is 3. The van der Waals surface area contributed by atoms with Gasteiger partial charge >= 0.3 is 29.8 Å². The summed E-state index contributed by atoms with van der Waals surface area (Å²) in [5, 5.41) is 31.5. The number of nitrogens with zero attached hydrogens (tertiary/aromatic N) is 4. The second-order valence-electron chi connectivity index (χ2n) is 41.3. The molecule has 13 fully saturated rings. The van der Waals surface area contributed by atoms with Crippen molar-refractivity contribution in [3.63, 3.8) is 0 Å². The molecule has 6 amide bonds. The summed E-state index contributed by atoms with van der Waals surface area (Å²) in [6.07, 6.45) is 47.6. The Kier molecular flexibility index (Phi) is 70.2. The van der Waals surface area contributed by atoms with E-state index in [1.54, 1.807) is 71.6 Å². The Bertz CT molecular complexity index is 4340. The van der Waals surface area contributed by atoms with Gasteiger partial charge in [-0.25, -0.2) is 0 Å². The minimum Gasteiger partial charge on any atom is -0.490 e. The maximum atomic E-state index is 12.7. The van der Waals surface area contributed by atoms with Gasteiger partial charge in [0.25, 0.3) is 0 Å². The number of carbonyl (C=O) groups excluding carboxylic acids is 10. The van der Waals surface area contributed by atoms with Gasteiger partial charge in [0, 0.05) is 108 Å². The number of nitrogens with one attached hydrogen (secondary N) is 2. The maximum Gasteiger partial charge on any atom is 0.309 e. The number of carboxylic acid groups (broad SMARTS) is 3. The Morgan fingerprint density at radius 2 is 0.764 bits per heavy atom. The first-order valence-corrected chi connectivity index (χ1v) is 53.1. The molecule has 0 spiro atoms. The molecule has 27 nitrogen and oxygen atoms in total. The van der Waals surface area contributed by atoms with Crippen LogP contribution in [0.25, 0.3) is 0 Å². The van der Waals surface area contributed by atoms with Gasteiger partial charge in [0.15, 0.2) is 11.6 Å². The van der Waals surface area contributed by atoms with Gasteiger partial charge in [0.2, 0.25) is 35.4 Å². The van der Waals surface area contributed by atoms with Gasteiger partial charge < -0.3 is 70.2 Å². The quantitative estimate of drug-likeness (QED) is 0.0227. The molecule has 5 saturated heterocycles. The fourth-order valence-corrected chi connectivity index (χ4v) is 20.6. The number of ketones is 2. The minimum atomic E-state index is -1.00. The number of ether oxygens (including phenoxy) is 4. The topological polar surface area (TPSA) is 383 Å². The highest BCUT2D eigenvalue weighted by Crippen LogP contribution is 2.46. The molecule has 16 rings (SSSR count). The monoisotopic (exact) mass is 2200 g/mol. The minimum absolute atomic E-state index is 0.